The molecule has 1 heterocycles. The molecule has 0 saturated carbocycles. The van der Waals surface area contributed by atoms with Gasteiger partial charge in [-0.15, -0.1) is 5.10 Å². The van der Waals surface area contributed by atoms with Crippen LogP contribution in [0.5, 0.6) is 5.75 Å². The van der Waals surface area contributed by atoms with Crippen molar-refractivity contribution in [2.45, 2.75) is 20.1 Å². The SMILES string of the molecule is Cc1cccc(OCCNC(=O)Cn2cc(CO)nn2)c1. The number of nitrogens with one attached hydrogen (secondary N) is 1. The van der Waals surface area contributed by atoms with Crippen LogP contribution < -0.4 is 10.1 Å². The first-order valence-electron chi connectivity index (χ1n) is 6.63. The first-order valence-corrected chi connectivity index (χ1v) is 6.63. The van der Waals surface area contributed by atoms with Gasteiger partial charge in [0.15, 0.2) is 0 Å². The van der Waals surface area contributed by atoms with Gasteiger partial charge in [-0.3, -0.25) is 4.79 Å². The number of aryl methyl sites for hydroxylation is 1. The molecular formula is C14H18N4O3. The molecule has 0 spiro atoms. The first kappa shape index (κ1) is 15.0. The molecule has 7 nitrogen and oxygen atoms in total. The molecular weight excluding hydrogens is 272 g/mol. The molecule has 2 N–H and O–H groups in total. The van der Waals surface area contributed by atoms with Gasteiger partial charge in [-0.25, -0.2) is 4.68 Å². The molecule has 0 aliphatic carbocycles. The van der Waals surface area contributed by atoms with Crippen LogP contribution in [-0.2, 0) is 17.9 Å². The Bertz CT molecular complexity index is 597. The van der Waals surface area contributed by atoms with E-state index in [2.05, 4.69) is 15.6 Å². The van der Waals surface area contributed by atoms with Crippen molar-refractivity contribution in [3.05, 3.63) is 41.7 Å². The average Bonchev–Trinajstić information content (AvgIpc) is 2.91. The van der Waals surface area contributed by atoms with Crippen molar-refractivity contribution in [3.63, 3.8) is 0 Å². The number of aliphatic hydroxyl groups is 1. The summed E-state index contributed by atoms with van der Waals surface area (Å²) in [5, 5.41) is 19.0. The lowest BCUT2D eigenvalue weighted by molar-refractivity contribution is -0.121. The molecule has 2 aromatic rings. The van der Waals surface area contributed by atoms with E-state index >= 15 is 0 Å². The summed E-state index contributed by atoms with van der Waals surface area (Å²) in [6.07, 6.45) is 1.53. The second-order valence-electron chi connectivity index (χ2n) is 4.58. The van der Waals surface area contributed by atoms with E-state index in [9.17, 15) is 4.79 Å². The molecule has 0 radical (unpaired) electrons. The Labute approximate surface area is 122 Å². The van der Waals surface area contributed by atoms with Gasteiger partial charge in [0.1, 0.15) is 24.6 Å². The number of ether oxygens (including phenoxy) is 1. The molecule has 0 aliphatic rings. The third kappa shape index (κ3) is 4.88. The van der Waals surface area contributed by atoms with Gasteiger partial charge in [0, 0.05) is 0 Å². The smallest absolute Gasteiger partial charge is 0.241 e. The minimum atomic E-state index is -0.189. The summed E-state index contributed by atoms with van der Waals surface area (Å²) in [6, 6.07) is 7.73. The van der Waals surface area contributed by atoms with Crippen molar-refractivity contribution < 1.29 is 14.6 Å². The lowest BCUT2D eigenvalue weighted by Crippen LogP contribution is -2.31. The third-order valence-electron chi connectivity index (χ3n) is 2.74. The number of nitrogens with zero attached hydrogens (tertiary/aromatic N) is 3. The summed E-state index contributed by atoms with van der Waals surface area (Å²) in [6.45, 7) is 2.68. The van der Waals surface area contributed by atoms with Crippen molar-refractivity contribution in [3.8, 4) is 5.75 Å². The van der Waals surface area contributed by atoms with E-state index in [1.807, 2.05) is 31.2 Å². The minimum Gasteiger partial charge on any atom is -0.492 e. The maximum Gasteiger partial charge on any atom is 0.241 e. The third-order valence-corrected chi connectivity index (χ3v) is 2.74. The molecule has 0 saturated heterocycles. The Balaban J connectivity index is 1.67. The van der Waals surface area contributed by atoms with Crippen molar-refractivity contribution in [1.82, 2.24) is 20.3 Å². The Morgan fingerprint density at radius 2 is 2.33 bits per heavy atom. The second-order valence-corrected chi connectivity index (χ2v) is 4.58. The number of benzene rings is 1. The lowest BCUT2D eigenvalue weighted by atomic mass is 10.2. The maximum absolute atomic E-state index is 11.7. The Hall–Kier alpha value is -2.41. The second kappa shape index (κ2) is 7.39. The highest BCUT2D eigenvalue weighted by Gasteiger charge is 2.05. The molecule has 21 heavy (non-hydrogen) atoms. The maximum atomic E-state index is 11.7. The van der Waals surface area contributed by atoms with Crippen LogP contribution in [0.2, 0.25) is 0 Å². The average molecular weight is 290 g/mol. The molecule has 112 valence electrons. The van der Waals surface area contributed by atoms with Crippen LogP contribution in [0.1, 0.15) is 11.3 Å². The van der Waals surface area contributed by atoms with Crippen molar-refractivity contribution in [1.29, 1.82) is 0 Å². The van der Waals surface area contributed by atoms with E-state index in [1.165, 1.54) is 10.9 Å². The van der Waals surface area contributed by atoms with Crippen molar-refractivity contribution in [2.24, 2.45) is 0 Å². The van der Waals surface area contributed by atoms with E-state index in [-0.39, 0.29) is 19.1 Å². The van der Waals surface area contributed by atoms with Gasteiger partial charge in [0.2, 0.25) is 5.91 Å². The Morgan fingerprint density at radius 3 is 3.05 bits per heavy atom. The van der Waals surface area contributed by atoms with E-state index in [0.29, 0.717) is 18.8 Å². The normalized spacial score (nSPS) is 10.4. The Kier molecular flexibility index (Phi) is 5.28. The zero-order valence-electron chi connectivity index (χ0n) is 11.8. The molecule has 0 aliphatic heterocycles. The van der Waals surface area contributed by atoms with Crippen molar-refractivity contribution >= 4 is 5.91 Å². The van der Waals surface area contributed by atoms with Gasteiger partial charge < -0.3 is 15.2 Å². The molecule has 1 aromatic carbocycles. The number of aliphatic hydroxyl groups excluding tert-OH is 1. The lowest BCUT2D eigenvalue weighted by Gasteiger charge is -2.08. The van der Waals surface area contributed by atoms with Gasteiger partial charge in [-0.05, 0) is 24.6 Å². The number of hydrogen-bond donors (Lipinski definition) is 2. The van der Waals surface area contributed by atoms with Crippen LogP contribution in [-0.4, -0.2) is 39.2 Å². The summed E-state index contributed by atoms with van der Waals surface area (Å²) >= 11 is 0. The summed E-state index contributed by atoms with van der Waals surface area (Å²) in [4.78, 5) is 11.7. The predicted molar refractivity (Wildman–Crippen MR) is 75.6 cm³/mol. The fourth-order valence-electron chi connectivity index (χ4n) is 1.76. The highest BCUT2D eigenvalue weighted by Crippen LogP contribution is 2.11. The van der Waals surface area contributed by atoms with Crippen LogP contribution in [0.4, 0.5) is 0 Å². The van der Waals surface area contributed by atoms with Gasteiger partial charge >= 0.3 is 0 Å². The summed E-state index contributed by atoms with van der Waals surface area (Å²) < 4.78 is 6.90. The fourth-order valence-corrected chi connectivity index (χ4v) is 1.76. The number of aromatic nitrogens is 3. The van der Waals surface area contributed by atoms with Crippen LogP contribution in [0.25, 0.3) is 0 Å². The van der Waals surface area contributed by atoms with Crippen LogP contribution in [0.3, 0.4) is 0 Å². The number of amides is 1. The van der Waals surface area contributed by atoms with Crippen LogP contribution in [0, 0.1) is 6.92 Å². The quantitative estimate of drug-likeness (QED) is 0.715. The number of hydrogen-bond acceptors (Lipinski definition) is 5. The molecule has 0 fully saturated rings. The van der Waals surface area contributed by atoms with Crippen LogP contribution >= 0.6 is 0 Å². The number of carbonyl (C=O) groups excluding carboxylic acids is 1. The van der Waals surface area contributed by atoms with E-state index in [0.717, 1.165) is 11.3 Å². The summed E-state index contributed by atoms with van der Waals surface area (Å²) in [5.74, 6) is 0.602. The standard InChI is InChI=1S/C14H18N4O3/c1-11-3-2-4-13(7-11)21-6-5-15-14(20)9-18-8-12(10-19)16-17-18/h2-4,7-8,19H,5-6,9-10H2,1H3,(H,15,20). The summed E-state index contributed by atoms with van der Waals surface area (Å²) in [5.41, 5.74) is 1.56. The van der Waals surface area contributed by atoms with Crippen molar-refractivity contribution in [2.75, 3.05) is 13.2 Å². The zero-order valence-corrected chi connectivity index (χ0v) is 11.8. The fraction of sp³-hybridized carbons (Fsp3) is 0.357. The largest absolute Gasteiger partial charge is 0.492 e. The molecule has 1 amide bonds. The molecule has 2 rings (SSSR count). The molecule has 1 aromatic heterocycles. The molecule has 0 atom stereocenters. The highest BCUT2D eigenvalue weighted by atomic mass is 16.5. The van der Waals surface area contributed by atoms with Gasteiger partial charge in [-0.2, -0.15) is 0 Å². The molecule has 0 unspecified atom stereocenters. The highest BCUT2D eigenvalue weighted by molar-refractivity contribution is 5.75. The van der Waals surface area contributed by atoms with Gasteiger partial charge in [-0.1, -0.05) is 17.3 Å². The van der Waals surface area contributed by atoms with E-state index in [1.54, 1.807) is 0 Å². The Morgan fingerprint density at radius 1 is 1.48 bits per heavy atom. The van der Waals surface area contributed by atoms with Crippen LogP contribution in [0.15, 0.2) is 30.5 Å². The zero-order chi connectivity index (χ0) is 15.1. The monoisotopic (exact) mass is 290 g/mol. The predicted octanol–water partition coefficient (Wildman–Crippen LogP) is 0.274. The van der Waals surface area contributed by atoms with E-state index in [4.69, 9.17) is 9.84 Å². The minimum absolute atomic E-state index is 0.0669. The molecule has 7 heteroatoms. The van der Waals surface area contributed by atoms with Gasteiger partial charge in [0.25, 0.3) is 0 Å². The topological polar surface area (TPSA) is 89.3 Å². The number of rotatable bonds is 7. The van der Waals surface area contributed by atoms with E-state index < -0.39 is 0 Å². The first-order chi connectivity index (χ1) is 10.2. The molecule has 0 bridgehead atoms. The summed E-state index contributed by atoms with van der Waals surface area (Å²) in [7, 11) is 0. The number of carbonyl (C=O) groups is 1. The van der Waals surface area contributed by atoms with Gasteiger partial charge in [0.05, 0.1) is 19.3 Å².